The first-order chi connectivity index (χ1) is 10.6. The van der Waals surface area contributed by atoms with Crippen LogP contribution in [-0.2, 0) is 0 Å². The van der Waals surface area contributed by atoms with Crippen molar-refractivity contribution >= 4 is 29.0 Å². The molecule has 1 aromatic heterocycles. The summed E-state index contributed by atoms with van der Waals surface area (Å²) in [7, 11) is 0. The Labute approximate surface area is 135 Å². The lowest BCUT2D eigenvalue weighted by atomic mass is 10.2. The van der Waals surface area contributed by atoms with Crippen LogP contribution in [0, 0.1) is 6.92 Å². The molecule has 5 nitrogen and oxygen atoms in total. The number of amides is 1. The predicted molar refractivity (Wildman–Crippen MR) is 88.8 cm³/mol. The van der Waals surface area contributed by atoms with Crippen molar-refractivity contribution in [1.29, 1.82) is 0 Å². The maximum absolute atomic E-state index is 12.3. The second kappa shape index (κ2) is 7.22. The van der Waals surface area contributed by atoms with Crippen LogP contribution in [0.5, 0.6) is 0 Å². The van der Waals surface area contributed by atoms with Gasteiger partial charge in [0.2, 0.25) is 0 Å². The Hall–Kier alpha value is -2.14. The topological polar surface area (TPSA) is 58.1 Å². The second-order valence-corrected chi connectivity index (χ2v) is 5.21. The first kappa shape index (κ1) is 16.2. The van der Waals surface area contributed by atoms with Crippen LogP contribution in [0.4, 0.5) is 11.5 Å². The van der Waals surface area contributed by atoms with Crippen molar-refractivity contribution in [2.75, 3.05) is 18.4 Å². The maximum atomic E-state index is 12.3. The maximum Gasteiger partial charge on any atom is 0.272 e. The molecule has 1 aromatic carbocycles. The molecule has 22 heavy (non-hydrogen) atoms. The number of hydrogen-bond acceptors (Lipinski definition) is 4. The third kappa shape index (κ3) is 3.54. The Balaban J connectivity index is 2.25. The number of benzene rings is 1. The van der Waals surface area contributed by atoms with Crippen molar-refractivity contribution in [1.82, 2.24) is 14.9 Å². The molecule has 6 heteroatoms. The number of nitrogens with one attached hydrogen (secondary N) is 1. The van der Waals surface area contributed by atoms with Crippen LogP contribution in [0.3, 0.4) is 0 Å². The average Bonchev–Trinajstić information content (AvgIpc) is 2.53. The minimum Gasteiger partial charge on any atom is -0.340 e. The highest BCUT2D eigenvalue weighted by molar-refractivity contribution is 6.31. The van der Waals surface area contributed by atoms with Gasteiger partial charge in [0.25, 0.3) is 5.91 Å². The van der Waals surface area contributed by atoms with Crippen molar-refractivity contribution in [2.24, 2.45) is 0 Å². The van der Waals surface area contributed by atoms with Gasteiger partial charge in [-0.05, 0) is 38.5 Å². The summed E-state index contributed by atoms with van der Waals surface area (Å²) in [4.78, 5) is 22.3. The van der Waals surface area contributed by atoms with Gasteiger partial charge in [-0.25, -0.2) is 9.97 Å². The molecule has 2 rings (SSSR count). The molecule has 0 aliphatic heterocycles. The highest BCUT2D eigenvalue weighted by Crippen LogP contribution is 2.25. The Kier molecular flexibility index (Phi) is 5.33. The normalized spacial score (nSPS) is 10.4. The summed E-state index contributed by atoms with van der Waals surface area (Å²) >= 11 is 6.11. The van der Waals surface area contributed by atoms with Gasteiger partial charge in [0.05, 0.1) is 0 Å². The monoisotopic (exact) mass is 318 g/mol. The molecule has 0 saturated carbocycles. The zero-order chi connectivity index (χ0) is 16.1. The quantitative estimate of drug-likeness (QED) is 0.914. The van der Waals surface area contributed by atoms with Crippen LogP contribution in [0.15, 0.2) is 30.6 Å². The lowest BCUT2D eigenvalue weighted by molar-refractivity contribution is 0.0767. The third-order valence-corrected chi connectivity index (χ3v) is 3.88. The van der Waals surface area contributed by atoms with Gasteiger partial charge in [-0.15, -0.1) is 0 Å². The summed E-state index contributed by atoms with van der Waals surface area (Å²) < 4.78 is 0. The number of aromatic nitrogens is 2. The molecule has 0 radical (unpaired) electrons. The smallest absolute Gasteiger partial charge is 0.272 e. The first-order valence-electron chi connectivity index (χ1n) is 7.20. The van der Waals surface area contributed by atoms with E-state index in [0.717, 1.165) is 11.3 Å². The van der Waals surface area contributed by atoms with Gasteiger partial charge in [0.15, 0.2) is 0 Å². The SMILES string of the molecule is CCN(CC)C(=O)c1cc(Nc2cccc(Cl)c2C)ncn1. The number of hydrogen-bond donors (Lipinski definition) is 1. The van der Waals surface area contributed by atoms with E-state index in [0.29, 0.717) is 29.6 Å². The van der Waals surface area contributed by atoms with Crippen molar-refractivity contribution in [2.45, 2.75) is 20.8 Å². The minimum atomic E-state index is -0.0988. The molecule has 0 aliphatic rings. The molecule has 0 atom stereocenters. The molecular weight excluding hydrogens is 300 g/mol. The van der Waals surface area contributed by atoms with Crippen molar-refractivity contribution in [3.8, 4) is 0 Å². The second-order valence-electron chi connectivity index (χ2n) is 4.80. The molecule has 1 heterocycles. The van der Waals surface area contributed by atoms with Gasteiger partial charge < -0.3 is 10.2 Å². The van der Waals surface area contributed by atoms with Crippen molar-refractivity contribution in [3.63, 3.8) is 0 Å². The zero-order valence-electron chi connectivity index (χ0n) is 12.9. The van der Waals surface area contributed by atoms with E-state index in [2.05, 4.69) is 15.3 Å². The van der Waals surface area contributed by atoms with E-state index in [1.807, 2.05) is 39.0 Å². The molecular formula is C16H19ClN4O. The van der Waals surface area contributed by atoms with Crippen LogP contribution >= 0.6 is 11.6 Å². The van der Waals surface area contributed by atoms with E-state index in [9.17, 15) is 4.79 Å². The molecule has 0 aliphatic carbocycles. The molecule has 0 saturated heterocycles. The van der Waals surface area contributed by atoms with Crippen LogP contribution in [0.25, 0.3) is 0 Å². The van der Waals surface area contributed by atoms with E-state index in [-0.39, 0.29) is 5.91 Å². The molecule has 0 bridgehead atoms. The third-order valence-electron chi connectivity index (χ3n) is 3.47. The van der Waals surface area contributed by atoms with Crippen LogP contribution in [0.2, 0.25) is 5.02 Å². The zero-order valence-corrected chi connectivity index (χ0v) is 13.7. The summed E-state index contributed by atoms with van der Waals surface area (Å²) in [6.45, 7) is 7.10. The standard InChI is InChI=1S/C16H19ClN4O/c1-4-21(5-2)16(22)14-9-15(19-10-18-14)20-13-8-6-7-12(17)11(13)3/h6-10H,4-5H2,1-3H3,(H,18,19,20). The number of anilines is 2. The highest BCUT2D eigenvalue weighted by atomic mass is 35.5. The Morgan fingerprint density at radius 1 is 1.27 bits per heavy atom. The number of halogens is 1. The van der Waals surface area contributed by atoms with Gasteiger partial charge in [0, 0.05) is 29.9 Å². The van der Waals surface area contributed by atoms with E-state index in [4.69, 9.17) is 11.6 Å². The van der Waals surface area contributed by atoms with Gasteiger partial charge in [-0.3, -0.25) is 4.79 Å². The summed E-state index contributed by atoms with van der Waals surface area (Å²) in [5, 5.41) is 3.86. The summed E-state index contributed by atoms with van der Waals surface area (Å²) in [6, 6.07) is 7.26. The molecule has 0 spiro atoms. The highest BCUT2D eigenvalue weighted by Gasteiger charge is 2.15. The fourth-order valence-electron chi connectivity index (χ4n) is 2.10. The van der Waals surface area contributed by atoms with Crippen LogP contribution in [0.1, 0.15) is 29.9 Å². The fraction of sp³-hybridized carbons (Fsp3) is 0.312. The Morgan fingerprint density at radius 2 is 2.00 bits per heavy atom. The lowest BCUT2D eigenvalue weighted by Crippen LogP contribution is -2.31. The number of carbonyl (C=O) groups excluding carboxylic acids is 1. The molecule has 116 valence electrons. The predicted octanol–water partition coefficient (Wildman–Crippen LogP) is 3.66. The minimum absolute atomic E-state index is 0.0988. The van der Waals surface area contributed by atoms with Crippen LogP contribution in [-0.4, -0.2) is 33.9 Å². The Bertz CT molecular complexity index is 671. The molecule has 0 unspecified atom stereocenters. The van der Waals surface area contributed by atoms with Crippen LogP contribution < -0.4 is 5.32 Å². The molecule has 1 amide bonds. The summed E-state index contributed by atoms with van der Waals surface area (Å²) in [6.07, 6.45) is 1.39. The number of nitrogens with zero attached hydrogens (tertiary/aromatic N) is 3. The van der Waals surface area contributed by atoms with E-state index in [1.54, 1.807) is 11.0 Å². The average molecular weight is 319 g/mol. The lowest BCUT2D eigenvalue weighted by Gasteiger charge is -2.18. The number of rotatable bonds is 5. The Morgan fingerprint density at radius 3 is 2.68 bits per heavy atom. The van der Waals surface area contributed by atoms with Gasteiger partial charge in [0.1, 0.15) is 17.8 Å². The van der Waals surface area contributed by atoms with Gasteiger partial charge in [-0.2, -0.15) is 0 Å². The van der Waals surface area contributed by atoms with Crippen molar-refractivity contribution < 1.29 is 4.79 Å². The first-order valence-corrected chi connectivity index (χ1v) is 7.58. The summed E-state index contributed by atoms with van der Waals surface area (Å²) in [5.41, 5.74) is 2.16. The van der Waals surface area contributed by atoms with Gasteiger partial charge >= 0.3 is 0 Å². The van der Waals surface area contributed by atoms with E-state index >= 15 is 0 Å². The fourth-order valence-corrected chi connectivity index (χ4v) is 2.27. The number of carbonyl (C=O) groups is 1. The van der Waals surface area contributed by atoms with E-state index in [1.165, 1.54) is 6.33 Å². The van der Waals surface area contributed by atoms with E-state index < -0.39 is 0 Å². The van der Waals surface area contributed by atoms with Gasteiger partial charge in [-0.1, -0.05) is 17.7 Å². The largest absolute Gasteiger partial charge is 0.340 e. The van der Waals surface area contributed by atoms with Crippen molar-refractivity contribution in [3.05, 3.63) is 46.9 Å². The molecule has 0 fully saturated rings. The molecule has 1 N–H and O–H groups in total. The summed E-state index contributed by atoms with van der Waals surface area (Å²) in [5.74, 6) is 0.467. The molecule has 2 aromatic rings.